The first-order chi connectivity index (χ1) is 12.8. The van der Waals surface area contributed by atoms with Crippen LogP contribution in [0, 0.1) is 11.3 Å². The van der Waals surface area contributed by atoms with E-state index in [9.17, 15) is 13.5 Å². The minimum Gasteiger partial charge on any atom is -0.386 e. The minimum atomic E-state index is -3.81. The number of benzene rings is 2. The second kappa shape index (κ2) is 6.01. The lowest BCUT2D eigenvalue weighted by Crippen LogP contribution is -2.60. The predicted octanol–water partition coefficient (Wildman–Crippen LogP) is 2.41. The first-order valence-electron chi connectivity index (χ1n) is 8.39. The Hall–Kier alpha value is -3.02. The van der Waals surface area contributed by atoms with Crippen LogP contribution >= 0.6 is 0 Å². The standard InChI is InChI=1S/C19H18N4O3S/c1-19(24)11-23(12-19)14-4-2-5-15(8-14)27(25,26)22-17-7-3-6-16-13(9-20)10-21-18(16)17/h2-8,10,21-22,24H,11-12H2,1H3. The molecule has 0 amide bonds. The molecule has 1 aliphatic rings. The van der Waals surface area contributed by atoms with Gasteiger partial charge in [0.25, 0.3) is 10.0 Å². The number of fused-ring (bicyclic) bond motifs is 1. The van der Waals surface area contributed by atoms with Gasteiger partial charge >= 0.3 is 0 Å². The number of rotatable bonds is 4. The summed E-state index contributed by atoms with van der Waals surface area (Å²) in [6, 6.07) is 13.8. The highest BCUT2D eigenvalue weighted by atomic mass is 32.2. The number of para-hydroxylation sites is 1. The van der Waals surface area contributed by atoms with Crippen LogP contribution in [0.4, 0.5) is 11.4 Å². The molecule has 4 rings (SSSR count). The molecule has 1 saturated heterocycles. The molecule has 0 bridgehead atoms. The van der Waals surface area contributed by atoms with E-state index in [-0.39, 0.29) is 4.90 Å². The van der Waals surface area contributed by atoms with Crippen LogP contribution in [0.2, 0.25) is 0 Å². The van der Waals surface area contributed by atoms with Crippen molar-refractivity contribution in [3.05, 3.63) is 54.2 Å². The molecule has 3 N–H and O–H groups in total. The van der Waals surface area contributed by atoms with E-state index in [1.54, 1.807) is 43.5 Å². The lowest BCUT2D eigenvalue weighted by Gasteiger charge is -2.45. The summed E-state index contributed by atoms with van der Waals surface area (Å²) in [5.74, 6) is 0. The van der Waals surface area contributed by atoms with Crippen LogP contribution in [0.5, 0.6) is 0 Å². The average Bonchev–Trinajstić information content (AvgIpc) is 3.04. The van der Waals surface area contributed by atoms with Crippen molar-refractivity contribution < 1.29 is 13.5 Å². The molecule has 0 spiro atoms. The molecule has 0 aliphatic carbocycles. The topological polar surface area (TPSA) is 109 Å². The van der Waals surface area contributed by atoms with Gasteiger partial charge in [-0.3, -0.25) is 4.72 Å². The molecule has 2 heterocycles. The third-order valence-electron chi connectivity index (χ3n) is 4.64. The zero-order valence-electron chi connectivity index (χ0n) is 14.6. The van der Waals surface area contributed by atoms with Gasteiger partial charge < -0.3 is 15.0 Å². The minimum absolute atomic E-state index is 0.135. The SMILES string of the molecule is CC1(O)CN(c2cccc(S(=O)(=O)Nc3cccc4c(C#N)c[nH]c34)c2)C1. The lowest BCUT2D eigenvalue weighted by atomic mass is 9.96. The van der Waals surface area contributed by atoms with Crippen molar-refractivity contribution in [1.29, 1.82) is 5.26 Å². The van der Waals surface area contributed by atoms with Crippen molar-refractivity contribution in [1.82, 2.24) is 4.98 Å². The monoisotopic (exact) mass is 382 g/mol. The van der Waals surface area contributed by atoms with Crippen LogP contribution in [0.25, 0.3) is 10.9 Å². The number of hydrogen-bond donors (Lipinski definition) is 3. The number of nitrogens with zero attached hydrogens (tertiary/aromatic N) is 2. The van der Waals surface area contributed by atoms with Gasteiger partial charge in [-0.25, -0.2) is 8.42 Å². The molecule has 2 aromatic carbocycles. The molecular formula is C19H18N4O3S. The molecule has 0 saturated carbocycles. The Morgan fingerprint density at radius 1 is 1.26 bits per heavy atom. The van der Waals surface area contributed by atoms with E-state index in [0.717, 1.165) is 5.69 Å². The Kier molecular flexibility index (Phi) is 3.87. The summed E-state index contributed by atoms with van der Waals surface area (Å²) in [5.41, 5.74) is 1.40. The summed E-state index contributed by atoms with van der Waals surface area (Å²) >= 11 is 0. The van der Waals surface area contributed by atoms with Gasteiger partial charge in [0.2, 0.25) is 0 Å². The van der Waals surface area contributed by atoms with Gasteiger partial charge in [-0.2, -0.15) is 5.26 Å². The smallest absolute Gasteiger partial charge is 0.262 e. The number of H-pyrrole nitrogens is 1. The van der Waals surface area contributed by atoms with Gasteiger partial charge in [0.15, 0.2) is 0 Å². The first kappa shape index (κ1) is 17.4. The lowest BCUT2D eigenvalue weighted by molar-refractivity contribution is 0.0310. The first-order valence-corrected chi connectivity index (χ1v) is 9.88. The second-order valence-electron chi connectivity index (χ2n) is 7.00. The normalized spacial score (nSPS) is 16.0. The summed E-state index contributed by atoms with van der Waals surface area (Å²) in [5, 5.41) is 19.7. The highest BCUT2D eigenvalue weighted by molar-refractivity contribution is 7.92. The molecular weight excluding hydrogens is 364 g/mol. The average molecular weight is 382 g/mol. The number of nitriles is 1. The number of sulfonamides is 1. The van der Waals surface area contributed by atoms with Gasteiger partial charge in [-0.05, 0) is 31.2 Å². The van der Waals surface area contributed by atoms with Crippen molar-refractivity contribution >= 4 is 32.3 Å². The molecule has 27 heavy (non-hydrogen) atoms. The summed E-state index contributed by atoms with van der Waals surface area (Å²) in [6.07, 6.45) is 1.55. The number of aromatic nitrogens is 1. The summed E-state index contributed by atoms with van der Waals surface area (Å²) in [4.78, 5) is 5.01. The molecule has 7 nitrogen and oxygen atoms in total. The van der Waals surface area contributed by atoms with Crippen LogP contribution in [-0.4, -0.2) is 37.2 Å². The quantitative estimate of drug-likeness (QED) is 0.642. The number of aromatic amines is 1. The van der Waals surface area contributed by atoms with Crippen molar-refractivity contribution in [2.24, 2.45) is 0 Å². The van der Waals surface area contributed by atoms with Crippen LogP contribution in [0.3, 0.4) is 0 Å². The second-order valence-corrected chi connectivity index (χ2v) is 8.68. The van der Waals surface area contributed by atoms with Crippen LogP contribution in [0.1, 0.15) is 12.5 Å². The van der Waals surface area contributed by atoms with E-state index in [0.29, 0.717) is 35.2 Å². The van der Waals surface area contributed by atoms with Crippen molar-refractivity contribution in [2.45, 2.75) is 17.4 Å². The Morgan fingerprint density at radius 2 is 2.00 bits per heavy atom. The van der Waals surface area contributed by atoms with Gasteiger partial charge in [-0.15, -0.1) is 0 Å². The van der Waals surface area contributed by atoms with Crippen LogP contribution in [-0.2, 0) is 10.0 Å². The third kappa shape index (κ3) is 3.12. The van der Waals surface area contributed by atoms with E-state index < -0.39 is 15.6 Å². The maximum absolute atomic E-state index is 12.9. The van der Waals surface area contributed by atoms with E-state index in [1.807, 2.05) is 11.0 Å². The van der Waals surface area contributed by atoms with Crippen molar-refractivity contribution in [3.8, 4) is 6.07 Å². The molecule has 0 unspecified atom stereocenters. The number of β-amino-alcohol motifs (C(OH)–C–C–N with tert-alkyl or cyclic N) is 1. The Morgan fingerprint density at radius 3 is 2.70 bits per heavy atom. The van der Waals surface area contributed by atoms with Gasteiger partial charge in [0.05, 0.1) is 27.3 Å². The molecule has 3 aromatic rings. The van der Waals surface area contributed by atoms with Crippen LogP contribution < -0.4 is 9.62 Å². The number of hydrogen-bond acceptors (Lipinski definition) is 5. The van der Waals surface area contributed by atoms with Crippen molar-refractivity contribution in [3.63, 3.8) is 0 Å². The fourth-order valence-corrected chi connectivity index (χ4v) is 4.45. The van der Waals surface area contributed by atoms with Crippen molar-refractivity contribution in [2.75, 3.05) is 22.7 Å². The predicted molar refractivity (Wildman–Crippen MR) is 103 cm³/mol. The van der Waals surface area contributed by atoms with Gasteiger partial charge in [0, 0.05) is 30.4 Å². The van der Waals surface area contributed by atoms with E-state index in [4.69, 9.17) is 5.26 Å². The molecule has 1 fully saturated rings. The molecule has 8 heteroatoms. The molecule has 0 atom stereocenters. The van der Waals surface area contributed by atoms with Gasteiger partial charge in [0.1, 0.15) is 6.07 Å². The molecule has 0 radical (unpaired) electrons. The zero-order chi connectivity index (χ0) is 19.2. The highest BCUT2D eigenvalue weighted by Gasteiger charge is 2.36. The number of anilines is 2. The van der Waals surface area contributed by atoms with Gasteiger partial charge in [-0.1, -0.05) is 18.2 Å². The number of nitrogens with one attached hydrogen (secondary N) is 2. The molecule has 138 valence electrons. The van der Waals surface area contributed by atoms with E-state index >= 15 is 0 Å². The fraction of sp³-hybridized carbons (Fsp3) is 0.211. The zero-order valence-corrected chi connectivity index (χ0v) is 15.4. The summed E-state index contributed by atoms with van der Waals surface area (Å²) in [7, 11) is -3.81. The fourth-order valence-electron chi connectivity index (χ4n) is 3.34. The van der Waals surface area contributed by atoms with Crippen LogP contribution in [0.15, 0.2) is 53.6 Å². The van der Waals surface area contributed by atoms with E-state index in [1.165, 1.54) is 6.07 Å². The summed E-state index contributed by atoms with van der Waals surface area (Å²) in [6.45, 7) is 2.67. The largest absolute Gasteiger partial charge is 0.386 e. The Bertz CT molecular complexity index is 1170. The third-order valence-corrected chi connectivity index (χ3v) is 6.00. The Labute approximate surface area is 156 Å². The highest BCUT2D eigenvalue weighted by Crippen LogP contribution is 2.30. The number of aliphatic hydroxyl groups is 1. The van der Waals surface area contributed by atoms with E-state index in [2.05, 4.69) is 15.8 Å². The maximum Gasteiger partial charge on any atom is 0.262 e. The summed E-state index contributed by atoms with van der Waals surface area (Å²) < 4.78 is 28.3. The molecule has 1 aromatic heterocycles. The molecule has 1 aliphatic heterocycles. The Balaban J connectivity index is 1.65. The maximum atomic E-state index is 12.9.